The molecular formula is C16H20N8O. The molecule has 0 fully saturated rings. The predicted molar refractivity (Wildman–Crippen MR) is 89.7 cm³/mol. The van der Waals surface area contributed by atoms with Gasteiger partial charge in [0.15, 0.2) is 5.82 Å². The highest BCUT2D eigenvalue weighted by Crippen LogP contribution is 2.11. The van der Waals surface area contributed by atoms with Crippen molar-refractivity contribution in [1.29, 1.82) is 0 Å². The third-order valence-corrected chi connectivity index (χ3v) is 3.52. The maximum absolute atomic E-state index is 11.4. The van der Waals surface area contributed by atoms with E-state index >= 15 is 0 Å². The first-order chi connectivity index (χ1) is 11.8. The van der Waals surface area contributed by atoms with Crippen molar-refractivity contribution in [3.05, 3.63) is 53.4 Å². The zero-order valence-electron chi connectivity index (χ0n) is 14.4. The zero-order chi connectivity index (χ0) is 18.0. The van der Waals surface area contributed by atoms with E-state index in [0.29, 0.717) is 18.1 Å². The van der Waals surface area contributed by atoms with E-state index in [1.807, 2.05) is 51.1 Å². The Morgan fingerprint density at radius 1 is 1.16 bits per heavy atom. The molecule has 2 aromatic heterocycles. The molecule has 9 heteroatoms. The van der Waals surface area contributed by atoms with Gasteiger partial charge in [-0.05, 0) is 31.5 Å². The van der Waals surface area contributed by atoms with Crippen LogP contribution in [0.1, 0.15) is 48.6 Å². The molecule has 0 aliphatic heterocycles. The summed E-state index contributed by atoms with van der Waals surface area (Å²) >= 11 is 0. The molecule has 9 nitrogen and oxygen atoms in total. The minimum atomic E-state index is -0.667. The lowest BCUT2D eigenvalue weighted by Crippen LogP contribution is -2.24. The number of hydrogen-bond donors (Lipinski definition) is 1. The molecule has 0 bridgehead atoms. The van der Waals surface area contributed by atoms with E-state index in [4.69, 9.17) is 5.73 Å². The molecule has 0 radical (unpaired) electrons. The van der Waals surface area contributed by atoms with Crippen LogP contribution < -0.4 is 5.73 Å². The summed E-state index contributed by atoms with van der Waals surface area (Å²) in [6.45, 7) is 6.22. The van der Waals surface area contributed by atoms with Gasteiger partial charge in [0.05, 0.1) is 5.54 Å². The normalized spacial score (nSPS) is 11.6. The lowest BCUT2D eigenvalue weighted by atomic mass is 10.1. The number of carbonyl (C=O) groups excluding carboxylic acids is 1. The van der Waals surface area contributed by atoms with E-state index in [9.17, 15) is 4.79 Å². The van der Waals surface area contributed by atoms with Crippen LogP contribution in [0.5, 0.6) is 0 Å². The van der Waals surface area contributed by atoms with Gasteiger partial charge in [-0.2, -0.15) is 4.80 Å². The second-order valence-corrected chi connectivity index (χ2v) is 6.70. The molecule has 0 aliphatic carbocycles. The number of rotatable bonds is 5. The van der Waals surface area contributed by atoms with Crippen LogP contribution in [0.4, 0.5) is 0 Å². The quantitative estimate of drug-likeness (QED) is 0.732. The SMILES string of the molecule is CC(C)(C)n1nnc(Cn2nc(C(N)=O)nc2Cc2ccccc2)n1. The van der Waals surface area contributed by atoms with Gasteiger partial charge in [0.1, 0.15) is 12.4 Å². The lowest BCUT2D eigenvalue weighted by molar-refractivity contribution is 0.0990. The molecule has 2 N–H and O–H groups in total. The van der Waals surface area contributed by atoms with E-state index in [2.05, 4.69) is 25.5 Å². The van der Waals surface area contributed by atoms with Crippen molar-refractivity contribution in [1.82, 2.24) is 35.0 Å². The van der Waals surface area contributed by atoms with Crippen molar-refractivity contribution >= 4 is 5.91 Å². The summed E-state index contributed by atoms with van der Waals surface area (Å²) < 4.78 is 1.59. The summed E-state index contributed by atoms with van der Waals surface area (Å²) in [4.78, 5) is 17.2. The molecule has 0 aliphatic rings. The molecule has 1 amide bonds. The van der Waals surface area contributed by atoms with Crippen molar-refractivity contribution in [3.63, 3.8) is 0 Å². The number of amides is 1. The number of tetrazole rings is 1. The fraction of sp³-hybridized carbons (Fsp3) is 0.375. The molecule has 0 atom stereocenters. The van der Waals surface area contributed by atoms with Crippen LogP contribution in [0.15, 0.2) is 30.3 Å². The Labute approximate surface area is 144 Å². The summed E-state index contributed by atoms with van der Waals surface area (Å²) in [7, 11) is 0. The Morgan fingerprint density at radius 3 is 2.48 bits per heavy atom. The molecule has 3 aromatic rings. The van der Waals surface area contributed by atoms with Crippen LogP contribution in [0.25, 0.3) is 0 Å². The molecule has 1 aromatic carbocycles. The van der Waals surface area contributed by atoms with Gasteiger partial charge in [-0.3, -0.25) is 4.79 Å². The Balaban J connectivity index is 1.89. The highest BCUT2D eigenvalue weighted by Gasteiger charge is 2.19. The van der Waals surface area contributed by atoms with E-state index in [0.717, 1.165) is 5.56 Å². The molecule has 3 rings (SSSR count). The van der Waals surface area contributed by atoms with Crippen LogP contribution in [0.3, 0.4) is 0 Å². The third kappa shape index (κ3) is 3.87. The minimum Gasteiger partial charge on any atom is -0.363 e. The van der Waals surface area contributed by atoms with Crippen LogP contribution in [-0.2, 0) is 18.5 Å². The molecule has 0 unspecified atom stereocenters. The van der Waals surface area contributed by atoms with Gasteiger partial charge in [0.2, 0.25) is 5.82 Å². The van der Waals surface area contributed by atoms with Crippen LogP contribution in [0.2, 0.25) is 0 Å². The van der Waals surface area contributed by atoms with Crippen LogP contribution >= 0.6 is 0 Å². The van der Waals surface area contributed by atoms with E-state index in [1.165, 1.54) is 0 Å². The molecule has 0 saturated carbocycles. The fourth-order valence-electron chi connectivity index (χ4n) is 2.24. The number of benzene rings is 1. The number of primary amides is 1. The van der Waals surface area contributed by atoms with Crippen molar-refractivity contribution in [2.75, 3.05) is 0 Å². The van der Waals surface area contributed by atoms with Crippen LogP contribution in [-0.4, -0.2) is 40.9 Å². The first-order valence-corrected chi connectivity index (χ1v) is 7.90. The average Bonchev–Trinajstić information content (AvgIpc) is 3.16. The number of hydrogen-bond acceptors (Lipinski definition) is 6. The number of aromatic nitrogens is 7. The lowest BCUT2D eigenvalue weighted by Gasteiger charge is -2.15. The van der Waals surface area contributed by atoms with E-state index in [-0.39, 0.29) is 17.9 Å². The maximum atomic E-state index is 11.4. The molecular weight excluding hydrogens is 320 g/mol. The number of nitrogens with zero attached hydrogens (tertiary/aromatic N) is 7. The Kier molecular flexibility index (Phi) is 4.30. The predicted octanol–water partition coefficient (Wildman–Crippen LogP) is 0.758. The van der Waals surface area contributed by atoms with Crippen LogP contribution in [0, 0.1) is 0 Å². The molecule has 0 saturated heterocycles. The first kappa shape index (κ1) is 16.7. The van der Waals surface area contributed by atoms with Gasteiger partial charge >= 0.3 is 0 Å². The highest BCUT2D eigenvalue weighted by molar-refractivity contribution is 5.88. The third-order valence-electron chi connectivity index (χ3n) is 3.52. The topological polar surface area (TPSA) is 117 Å². The molecule has 130 valence electrons. The smallest absolute Gasteiger partial charge is 0.288 e. The van der Waals surface area contributed by atoms with Crippen molar-refractivity contribution in [2.24, 2.45) is 5.73 Å². The maximum Gasteiger partial charge on any atom is 0.288 e. The van der Waals surface area contributed by atoms with Crippen molar-refractivity contribution in [2.45, 2.75) is 39.3 Å². The number of nitrogens with two attached hydrogens (primary N) is 1. The van der Waals surface area contributed by atoms with Gasteiger partial charge in [-0.1, -0.05) is 30.3 Å². The number of carbonyl (C=O) groups is 1. The second-order valence-electron chi connectivity index (χ2n) is 6.70. The van der Waals surface area contributed by atoms with Gasteiger partial charge < -0.3 is 5.73 Å². The van der Waals surface area contributed by atoms with E-state index in [1.54, 1.807) is 9.48 Å². The first-order valence-electron chi connectivity index (χ1n) is 7.90. The summed E-state index contributed by atoms with van der Waals surface area (Å²) in [5, 5.41) is 16.7. The molecule has 0 spiro atoms. The van der Waals surface area contributed by atoms with Gasteiger partial charge in [0.25, 0.3) is 5.91 Å². The molecule has 25 heavy (non-hydrogen) atoms. The monoisotopic (exact) mass is 340 g/mol. The largest absolute Gasteiger partial charge is 0.363 e. The summed E-state index contributed by atoms with van der Waals surface area (Å²) in [6.07, 6.45) is 0.522. The van der Waals surface area contributed by atoms with Gasteiger partial charge in [-0.25, -0.2) is 9.67 Å². The standard InChI is InChI=1S/C16H20N8O/c1-16(2,3)24-20-12(19-22-24)10-23-13(18-15(21-23)14(17)25)9-11-7-5-4-6-8-11/h4-8H,9-10H2,1-3H3,(H2,17,25). The highest BCUT2D eigenvalue weighted by atomic mass is 16.1. The summed E-state index contributed by atoms with van der Waals surface area (Å²) in [5.74, 6) is 0.422. The summed E-state index contributed by atoms with van der Waals surface area (Å²) in [5.41, 5.74) is 6.11. The Bertz CT molecular complexity index is 875. The van der Waals surface area contributed by atoms with Gasteiger partial charge in [-0.15, -0.1) is 15.3 Å². The fourth-order valence-corrected chi connectivity index (χ4v) is 2.24. The average molecular weight is 340 g/mol. The molecule has 2 heterocycles. The Hall–Kier alpha value is -3.10. The van der Waals surface area contributed by atoms with Crippen molar-refractivity contribution < 1.29 is 4.79 Å². The summed E-state index contributed by atoms with van der Waals surface area (Å²) in [6, 6.07) is 9.80. The van der Waals surface area contributed by atoms with Gasteiger partial charge in [0, 0.05) is 6.42 Å². The zero-order valence-corrected chi connectivity index (χ0v) is 14.4. The Morgan fingerprint density at radius 2 is 1.88 bits per heavy atom. The second kappa shape index (κ2) is 6.42. The van der Waals surface area contributed by atoms with Crippen molar-refractivity contribution in [3.8, 4) is 0 Å². The minimum absolute atomic E-state index is 0.0193. The van der Waals surface area contributed by atoms with E-state index < -0.39 is 5.91 Å².